The van der Waals surface area contributed by atoms with Crippen molar-refractivity contribution in [2.24, 2.45) is 0 Å². The Balaban J connectivity index is 1.75. The summed E-state index contributed by atoms with van der Waals surface area (Å²) < 4.78 is 16.0. The van der Waals surface area contributed by atoms with E-state index in [-0.39, 0.29) is 5.91 Å². The van der Waals surface area contributed by atoms with E-state index in [1.54, 1.807) is 18.2 Å². The second kappa shape index (κ2) is 6.60. The fraction of sp³-hybridized carbons (Fsp3) is 0.278. The van der Waals surface area contributed by atoms with Gasteiger partial charge in [-0.2, -0.15) is 0 Å². The standard InChI is InChI=1S/C18H19NO4/c1-21-15-4-3-5-16(22-2)17(15)18(20)19-11-12-6-7-14-13(10-12)8-9-23-14/h3-7,10H,8-9,11H2,1-2H3,(H,19,20). The van der Waals surface area contributed by atoms with Crippen LogP contribution in [0.3, 0.4) is 0 Å². The number of carbonyl (C=O) groups is 1. The van der Waals surface area contributed by atoms with Crippen LogP contribution >= 0.6 is 0 Å². The van der Waals surface area contributed by atoms with Crippen LogP contribution in [0.4, 0.5) is 0 Å². The van der Waals surface area contributed by atoms with Crippen LogP contribution in [0.1, 0.15) is 21.5 Å². The van der Waals surface area contributed by atoms with E-state index < -0.39 is 0 Å². The summed E-state index contributed by atoms with van der Waals surface area (Å²) in [6, 6.07) is 11.3. The fourth-order valence-electron chi connectivity index (χ4n) is 2.70. The fourth-order valence-corrected chi connectivity index (χ4v) is 2.70. The largest absolute Gasteiger partial charge is 0.496 e. The van der Waals surface area contributed by atoms with Gasteiger partial charge in [-0.15, -0.1) is 0 Å². The predicted molar refractivity (Wildman–Crippen MR) is 86.4 cm³/mol. The van der Waals surface area contributed by atoms with E-state index in [0.29, 0.717) is 23.6 Å². The number of ether oxygens (including phenoxy) is 3. The molecule has 1 N–H and O–H groups in total. The minimum absolute atomic E-state index is 0.226. The second-order valence-corrected chi connectivity index (χ2v) is 5.26. The van der Waals surface area contributed by atoms with Crippen molar-refractivity contribution < 1.29 is 19.0 Å². The molecule has 0 atom stereocenters. The van der Waals surface area contributed by atoms with Gasteiger partial charge in [-0.05, 0) is 29.3 Å². The molecular weight excluding hydrogens is 294 g/mol. The van der Waals surface area contributed by atoms with E-state index >= 15 is 0 Å². The Hall–Kier alpha value is -2.69. The highest BCUT2D eigenvalue weighted by Gasteiger charge is 2.18. The number of hydrogen-bond donors (Lipinski definition) is 1. The Bertz CT molecular complexity index is 705. The van der Waals surface area contributed by atoms with Crippen molar-refractivity contribution in [2.75, 3.05) is 20.8 Å². The zero-order chi connectivity index (χ0) is 16.2. The minimum atomic E-state index is -0.226. The summed E-state index contributed by atoms with van der Waals surface area (Å²) in [7, 11) is 3.07. The number of fused-ring (bicyclic) bond motifs is 1. The maximum atomic E-state index is 12.5. The van der Waals surface area contributed by atoms with Crippen LogP contribution in [0.15, 0.2) is 36.4 Å². The molecule has 1 amide bonds. The van der Waals surface area contributed by atoms with Crippen LogP contribution in [0.2, 0.25) is 0 Å². The van der Waals surface area contributed by atoms with Gasteiger partial charge < -0.3 is 19.5 Å². The van der Waals surface area contributed by atoms with Crippen molar-refractivity contribution in [1.29, 1.82) is 0 Å². The molecular formula is C18H19NO4. The number of nitrogens with one attached hydrogen (secondary N) is 1. The molecule has 2 aromatic rings. The molecule has 3 rings (SSSR count). The second-order valence-electron chi connectivity index (χ2n) is 5.26. The Morgan fingerprint density at radius 3 is 2.61 bits per heavy atom. The highest BCUT2D eigenvalue weighted by Crippen LogP contribution is 2.28. The Kier molecular flexibility index (Phi) is 4.37. The topological polar surface area (TPSA) is 56.8 Å². The molecule has 0 fully saturated rings. The molecule has 1 aliphatic heterocycles. The van der Waals surface area contributed by atoms with Crippen LogP contribution in [0.5, 0.6) is 17.2 Å². The van der Waals surface area contributed by atoms with Crippen molar-refractivity contribution in [1.82, 2.24) is 5.32 Å². The number of amides is 1. The first kappa shape index (κ1) is 15.2. The molecule has 5 nitrogen and oxygen atoms in total. The molecule has 0 bridgehead atoms. The molecule has 0 saturated carbocycles. The van der Waals surface area contributed by atoms with Crippen molar-refractivity contribution >= 4 is 5.91 Å². The van der Waals surface area contributed by atoms with E-state index in [2.05, 4.69) is 11.4 Å². The third-order valence-corrected chi connectivity index (χ3v) is 3.86. The summed E-state index contributed by atoms with van der Waals surface area (Å²) in [5.41, 5.74) is 2.63. The number of benzene rings is 2. The predicted octanol–water partition coefficient (Wildman–Crippen LogP) is 2.57. The number of rotatable bonds is 5. The third kappa shape index (κ3) is 3.08. The van der Waals surface area contributed by atoms with Crippen molar-refractivity contribution in [3.63, 3.8) is 0 Å². The minimum Gasteiger partial charge on any atom is -0.496 e. The van der Waals surface area contributed by atoms with Crippen LogP contribution in [0, 0.1) is 0 Å². The lowest BCUT2D eigenvalue weighted by molar-refractivity contribution is 0.0944. The molecule has 0 aliphatic carbocycles. The highest BCUT2D eigenvalue weighted by atomic mass is 16.5. The summed E-state index contributed by atoms with van der Waals surface area (Å²) >= 11 is 0. The van der Waals surface area contributed by atoms with Gasteiger partial charge in [-0.3, -0.25) is 4.79 Å². The summed E-state index contributed by atoms with van der Waals surface area (Å²) in [4.78, 5) is 12.5. The van der Waals surface area contributed by atoms with Gasteiger partial charge in [-0.1, -0.05) is 18.2 Å². The Morgan fingerprint density at radius 1 is 1.17 bits per heavy atom. The maximum Gasteiger partial charge on any atom is 0.259 e. The van der Waals surface area contributed by atoms with E-state index in [4.69, 9.17) is 14.2 Å². The summed E-state index contributed by atoms with van der Waals surface area (Å²) in [6.07, 6.45) is 0.914. The monoisotopic (exact) mass is 313 g/mol. The summed E-state index contributed by atoms with van der Waals surface area (Å²) in [5.74, 6) is 1.69. The first-order valence-corrected chi connectivity index (χ1v) is 7.46. The van der Waals surface area contributed by atoms with Crippen molar-refractivity contribution in [3.05, 3.63) is 53.1 Å². The molecule has 1 aliphatic rings. The van der Waals surface area contributed by atoms with Gasteiger partial charge >= 0.3 is 0 Å². The number of hydrogen-bond acceptors (Lipinski definition) is 4. The normalized spacial score (nSPS) is 12.3. The molecule has 2 aromatic carbocycles. The van der Waals surface area contributed by atoms with Gasteiger partial charge in [0.15, 0.2) is 0 Å². The summed E-state index contributed by atoms with van der Waals surface area (Å²) in [5, 5.41) is 2.92. The van der Waals surface area contributed by atoms with Crippen LogP contribution in [-0.2, 0) is 13.0 Å². The van der Waals surface area contributed by atoms with Gasteiger partial charge in [-0.25, -0.2) is 0 Å². The molecule has 0 spiro atoms. The number of carbonyl (C=O) groups excluding carboxylic acids is 1. The molecule has 0 aromatic heterocycles. The van der Waals surface area contributed by atoms with E-state index in [9.17, 15) is 4.79 Å². The molecule has 5 heteroatoms. The molecule has 120 valence electrons. The Morgan fingerprint density at radius 2 is 1.91 bits per heavy atom. The van der Waals surface area contributed by atoms with Gasteiger partial charge in [0, 0.05) is 13.0 Å². The third-order valence-electron chi connectivity index (χ3n) is 3.86. The van der Waals surface area contributed by atoms with Crippen LogP contribution < -0.4 is 19.5 Å². The highest BCUT2D eigenvalue weighted by molar-refractivity contribution is 5.99. The Labute approximate surface area is 135 Å². The molecule has 0 radical (unpaired) electrons. The average molecular weight is 313 g/mol. The lowest BCUT2D eigenvalue weighted by Gasteiger charge is -2.13. The van der Waals surface area contributed by atoms with Gasteiger partial charge in [0.05, 0.1) is 20.8 Å². The zero-order valence-electron chi connectivity index (χ0n) is 13.2. The molecule has 0 unspecified atom stereocenters. The molecule has 1 heterocycles. The first-order chi connectivity index (χ1) is 11.2. The average Bonchev–Trinajstić information content (AvgIpc) is 3.06. The zero-order valence-corrected chi connectivity index (χ0v) is 13.2. The molecule has 0 saturated heterocycles. The first-order valence-electron chi connectivity index (χ1n) is 7.46. The van der Waals surface area contributed by atoms with Crippen molar-refractivity contribution in [2.45, 2.75) is 13.0 Å². The molecule has 23 heavy (non-hydrogen) atoms. The smallest absolute Gasteiger partial charge is 0.259 e. The van der Waals surface area contributed by atoms with Crippen molar-refractivity contribution in [3.8, 4) is 17.2 Å². The SMILES string of the molecule is COc1cccc(OC)c1C(=O)NCc1ccc2c(c1)CCO2. The number of methoxy groups -OCH3 is 2. The maximum absolute atomic E-state index is 12.5. The lowest BCUT2D eigenvalue weighted by atomic mass is 10.1. The van der Waals surface area contributed by atoms with Crippen LogP contribution in [-0.4, -0.2) is 26.7 Å². The van der Waals surface area contributed by atoms with E-state index in [0.717, 1.165) is 24.3 Å². The lowest BCUT2D eigenvalue weighted by Crippen LogP contribution is -2.24. The van der Waals surface area contributed by atoms with Gasteiger partial charge in [0.2, 0.25) is 0 Å². The van der Waals surface area contributed by atoms with E-state index in [1.165, 1.54) is 19.8 Å². The quantitative estimate of drug-likeness (QED) is 0.922. The summed E-state index contributed by atoms with van der Waals surface area (Å²) in [6.45, 7) is 1.16. The van der Waals surface area contributed by atoms with E-state index in [1.807, 2.05) is 12.1 Å². The van der Waals surface area contributed by atoms with Gasteiger partial charge in [0.25, 0.3) is 5.91 Å². The van der Waals surface area contributed by atoms with Gasteiger partial charge in [0.1, 0.15) is 22.8 Å². The van der Waals surface area contributed by atoms with Crippen LogP contribution in [0.25, 0.3) is 0 Å².